The Morgan fingerprint density at radius 1 is 1.03 bits per heavy atom. The molecule has 8 heteroatoms. The topological polar surface area (TPSA) is 96.4 Å². The second-order valence-electron chi connectivity index (χ2n) is 10.8. The molecular weight excluding hydrogens is 472 g/mol. The van der Waals surface area contributed by atoms with E-state index in [2.05, 4.69) is 0 Å². The number of para-hydroxylation sites is 1. The Bertz CT molecular complexity index is 1140. The molecule has 2 amide bonds. The number of aliphatic hydroxyl groups excluding tert-OH is 1. The van der Waals surface area contributed by atoms with Gasteiger partial charge in [-0.15, -0.1) is 0 Å². The molecular formula is C29H36N2O6. The summed E-state index contributed by atoms with van der Waals surface area (Å²) in [5, 5.41) is 9.37. The van der Waals surface area contributed by atoms with Gasteiger partial charge in [0.05, 0.1) is 18.1 Å². The summed E-state index contributed by atoms with van der Waals surface area (Å²) in [5.41, 5.74) is 0.366. The maximum absolute atomic E-state index is 14.5. The number of esters is 1. The quantitative estimate of drug-likeness (QED) is 0.373. The SMILES string of the molecule is Cc1cccc(C)c1N1CC=C[C@]23O[C@]4(C)/C=C\CCCOC(=O)[C@@H]4[C@H]2C(=O)N(CCCCO)C3C1=O. The van der Waals surface area contributed by atoms with Crippen LogP contribution in [0.3, 0.4) is 0 Å². The summed E-state index contributed by atoms with van der Waals surface area (Å²) >= 11 is 0. The number of benzene rings is 1. The van der Waals surface area contributed by atoms with Gasteiger partial charge in [-0.25, -0.2) is 0 Å². The largest absolute Gasteiger partial charge is 0.465 e. The Morgan fingerprint density at radius 3 is 2.51 bits per heavy atom. The van der Waals surface area contributed by atoms with E-state index in [1.807, 2.05) is 63.3 Å². The van der Waals surface area contributed by atoms with Gasteiger partial charge in [0.2, 0.25) is 5.91 Å². The number of aliphatic hydroxyl groups is 1. The highest BCUT2D eigenvalue weighted by Gasteiger charge is 2.74. The van der Waals surface area contributed by atoms with Crippen LogP contribution in [0.25, 0.3) is 0 Å². The first-order valence-electron chi connectivity index (χ1n) is 13.3. The minimum Gasteiger partial charge on any atom is -0.465 e. The summed E-state index contributed by atoms with van der Waals surface area (Å²) in [7, 11) is 0. The van der Waals surface area contributed by atoms with Crippen LogP contribution in [0.1, 0.15) is 43.7 Å². The molecule has 2 saturated heterocycles. The van der Waals surface area contributed by atoms with Crippen molar-refractivity contribution >= 4 is 23.5 Å². The molecule has 1 unspecified atom stereocenters. The zero-order valence-corrected chi connectivity index (χ0v) is 21.8. The highest BCUT2D eigenvalue weighted by atomic mass is 16.6. The van der Waals surface area contributed by atoms with Gasteiger partial charge in [-0.2, -0.15) is 0 Å². The fraction of sp³-hybridized carbons (Fsp3) is 0.552. The second kappa shape index (κ2) is 9.72. The number of unbranched alkanes of at least 4 members (excludes halogenated alkanes) is 1. The van der Waals surface area contributed by atoms with E-state index in [1.54, 1.807) is 9.80 Å². The van der Waals surface area contributed by atoms with Gasteiger partial charge in [0.15, 0.2) is 0 Å². The summed E-state index contributed by atoms with van der Waals surface area (Å²) in [4.78, 5) is 45.4. The van der Waals surface area contributed by atoms with Gasteiger partial charge in [0, 0.05) is 25.4 Å². The highest BCUT2D eigenvalue weighted by Crippen LogP contribution is 2.57. The van der Waals surface area contributed by atoms with Crippen LogP contribution in [0, 0.1) is 25.7 Å². The number of fused-ring (bicyclic) bond motifs is 2. The fourth-order valence-electron chi connectivity index (χ4n) is 6.70. The predicted molar refractivity (Wildman–Crippen MR) is 138 cm³/mol. The number of allylic oxidation sites excluding steroid dienone is 1. The Balaban J connectivity index is 1.65. The molecule has 0 saturated carbocycles. The number of carbonyl (C=O) groups is 3. The molecule has 8 nitrogen and oxygen atoms in total. The number of likely N-dealkylation sites (tertiary alicyclic amines) is 1. The van der Waals surface area contributed by atoms with Crippen molar-refractivity contribution in [1.29, 1.82) is 0 Å². The molecule has 1 spiro atoms. The van der Waals surface area contributed by atoms with E-state index < -0.39 is 35.0 Å². The molecule has 5 atom stereocenters. The van der Waals surface area contributed by atoms with E-state index >= 15 is 0 Å². The number of rotatable bonds is 5. The van der Waals surface area contributed by atoms with Crippen molar-refractivity contribution in [1.82, 2.24) is 4.90 Å². The number of carbonyl (C=O) groups excluding carboxylic acids is 3. The van der Waals surface area contributed by atoms with Crippen molar-refractivity contribution in [2.75, 3.05) is 31.2 Å². The number of anilines is 1. The van der Waals surface area contributed by atoms with E-state index in [1.165, 1.54) is 0 Å². The summed E-state index contributed by atoms with van der Waals surface area (Å²) in [5.74, 6) is -2.72. The Hall–Kier alpha value is -2.97. The minimum atomic E-state index is -1.30. The van der Waals surface area contributed by atoms with Crippen LogP contribution >= 0.6 is 0 Å². The predicted octanol–water partition coefficient (Wildman–Crippen LogP) is 2.84. The molecule has 4 aliphatic rings. The molecule has 4 aliphatic heterocycles. The van der Waals surface area contributed by atoms with Crippen molar-refractivity contribution < 1.29 is 29.0 Å². The maximum atomic E-state index is 14.5. The lowest BCUT2D eigenvalue weighted by Crippen LogP contribution is -2.56. The van der Waals surface area contributed by atoms with Crippen molar-refractivity contribution in [2.24, 2.45) is 11.8 Å². The number of cyclic esters (lactones) is 1. The molecule has 1 N–H and O–H groups in total. The Labute approximate surface area is 217 Å². The lowest BCUT2D eigenvalue weighted by Gasteiger charge is -2.38. The van der Waals surface area contributed by atoms with Gasteiger partial charge in [-0.1, -0.05) is 42.5 Å². The van der Waals surface area contributed by atoms with E-state index in [4.69, 9.17) is 9.47 Å². The van der Waals surface area contributed by atoms with Gasteiger partial charge < -0.3 is 24.4 Å². The monoisotopic (exact) mass is 508 g/mol. The van der Waals surface area contributed by atoms with Crippen LogP contribution in [0.2, 0.25) is 0 Å². The van der Waals surface area contributed by atoms with Gasteiger partial charge in [-0.3, -0.25) is 14.4 Å². The van der Waals surface area contributed by atoms with E-state index in [0.29, 0.717) is 32.4 Å². The van der Waals surface area contributed by atoms with Crippen LogP contribution in [-0.4, -0.2) is 71.3 Å². The Kier molecular flexibility index (Phi) is 6.75. The third kappa shape index (κ3) is 4.01. The minimum absolute atomic E-state index is 0.00202. The number of nitrogens with zero attached hydrogens (tertiary/aromatic N) is 2. The van der Waals surface area contributed by atoms with Gasteiger partial charge in [0.25, 0.3) is 5.91 Å². The van der Waals surface area contributed by atoms with Crippen LogP contribution in [-0.2, 0) is 23.9 Å². The molecule has 198 valence electrons. The lowest BCUT2D eigenvalue weighted by molar-refractivity contribution is -0.158. The van der Waals surface area contributed by atoms with Crippen molar-refractivity contribution in [3.63, 3.8) is 0 Å². The molecule has 5 rings (SSSR count). The van der Waals surface area contributed by atoms with Gasteiger partial charge in [0.1, 0.15) is 17.6 Å². The first-order valence-corrected chi connectivity index (χ1v) is 13.3. The maximum Gasteiger partial charge on any atom is 0.313 e. The standard InChI is InChI=1S/C29H36N2O6/c1-19-11-9-12-20(2)23(19)30-16-10-14-29-21(25(33)31(15-6-7-17-32)24(29)26(30)34)22-27(35)36-18-8-4-5-13-28(22,3)37-29/h5,9-14,21-22,24,32H,4,6-8,15-18H2,1-3H3/b13-5-/t21-,22-,24?,28+,29-/m0/s1. The van der Waals surface area contributed by atoms with Gasteiger partial charge >= 0.3 is 5.97 Å². The summed E-state index contributed by atoms with van der Waals surface area (Å²) < 4.78 is 12.4. The first-order chi connectivity index (χ1) is 17.7. The molecule has 2 fully saturated rings. The third-order valence-corrected chi connectivity index (χ3v) is 8.27. The van der Waals surface area contributed by atoms with Crippen molar-refractivity contribution in [3.05, 3.63) is 53.6 Å². The number of hydrogen-bond donors (Lipinski definition) is 1. The number of aryl methyl sites for hydroxylation is 2. The Morgan fingerprint density at radius 2 is 1.78 bits per heavy atom. The molecule has 0 bridgehead atoms. The summed E-state index contributed by atoms with van der Waals surface area (Å²) in [6, 6.07) is 4.97. The summed E-state index contributed by atoms with van der Waals surface area (Å²) in [6.07, 6.45) is 10.1. The zero-order valence-electron chi connectivity index (χ0n) is 21.8. The van der Waals surface area contributed by atoms with Crippen LogP contribution in [0.4, 0.5) is 5.69 Å². The normalized spacial score (nSPS) is 34.2. The van der Waals surface area contributed by atoms with E-state index in [-0.39, 0.29) is 25.0 Å². The van der Waals surface area contributed by atoms with Gasteiger partial charge in [-0.05, 0) is 57.6 Å². The molecule has 1 aromatic rings. The average molecular weight is 509 g/mol. The summed E-state index contributed by atoms with van der Waals surface area (Å²) in [6.45, 7) is 6.67. The number of hydrogen-bond acceptors (Lipinski definition) is 6. The average Bonchev–Trinajstić information content (AvgIpc) is 3.20. The molecule has 4 heterocycles. The zero-order chi connectivity index (χ0) is 26.4. The highest BCUT2D eigenvalue weighted by molar-refractivity contribution is 6.06. The molecule has 0 aliphatic carbocycles. The first kappa shape index (κ1) is 25.7. The molecule has 0 aromatic heterocycles. The number of amides is 2. The van der Waals surface area contributed by atoms with Crippen LogP contribution < -0.4 is 4.90 Å². The molecule has 37 heavy (non-hydrogen) atoms. The van der Waals surface area contributed by atoms with Crippen LogP contribution in [0.5, 0.6) is 0 Å². The molecule has 1 aromatic carbocycles. The number of ether oxygens (including phenoxy) is 2. The second-order valence-corrected chi connectivity index (χ2v) is 10.8. The fourth-order valence-corrected chi connectivity index (χ4v) is 6.70. The third-order valence-electron chi connectivity index (χ3n) is 8.27. The van der Waals surface area contributed by atoms with E-state index in [9.17, 15) is 19.5 Å². The lowest BCUT2D eigenvalue weighted by atomic mass is 9.74. The van der Waals surface area contributed by atoms with Crippen molar-refractivity contribution in [2.45, 2.75) is 63.7 Å². The van der Waals surface area contributed by atoms with Crippen LogP contribution in [0.15, 0.2) is 42.5 Å². The molecule has 0 radical (unpaired) electrons. The van der Waals surface area contributed by atoms with E-state index in [0.717, 1.165) is 23.2 Å². The van der Waals surface area contributed by atoms with Crippen molar-refractivity contribution in [3.8, 4) is 0 Å². The smallest absolute Gasteiger partial charge is 0.313 e.